The largest absolute Gasteiger partial charge is 0.491 e. The van der Waals surface area contributed by atoms with Crippen LogP contribution in [-0.4, -0.2) is 109 Å². The van der Waals surface area contributed by atoms with Crippen LogP contribution in [0.5, 0.6) is 23.0 Å². The van der Waals surface area contributed by atoms with Crippen molar-refractivity contribution in [3.63, 3.8) is 0 Å². The lowest BCUT2D eigenvalue weighted by atomic mass is 9.93. The van der Waals surface area contributed by atoms with Crippen molar-refractivity contribution >= 4 is 103 Å². The Bertz CT molecular complexity index is 5130. The lowest BCUT2D eigenvalue weighted by Gasteiger charge is -2.28. The highest BCUT2D eigenvalue weighted by molar-refractivity contribution is 6.42. The monoisotopic (exact) mass is 1520 g/mol. The zero-order valence-corrected chi connectivity index (χ0v) is 62.4. The second-order valence-electron chi connectivity index (χ2n) is 27.6. The van der Waals surface area contributed by atoms with Gasteiger partial charge in [0.05, 0.1) is 78.1 Å². The highest BCUT2D eigenvalue weighted by Gasteiger charge is 2.49. The second kappa shape index (κ2) is 32.7. The summed E-state index contributed by atoms with van der Waals surface area (Å²) in [6.07, 6.45) is 2.33. The zero-order chi connectivity index (χ0) is 74.2. The number of para-hydroxylation sites is 4. The molecule has 107 heavy (non-hydrogen) atoms. The summed E-state index contributed by atoms with van der Waals surface area (Å²) in [6, 6.07) is 53.4. The minimum atomic E-state index is -0.728. The Morgan fingerprint density at radius 1 is 0.467 bits per heavy atom. The van der Waals surface area contributed by atoms with E-state index in [1.807, 2.05) is 136 Å². The maximum Gasteiger partial charge on any atom is 0.255 e. The van der Waals surface area contributed by atoms with Crippen LogP contribution in [0.2, 0.25) is 20.1 Å². The van der Waals surface area contributed by atoms with Crippen LogP contribution in [0, 0.1) is 0 Å². The summed E-state index contributed by atoms with van der Waals surface area (Å²) >= 11 is 24.3. The molecule has 6 aliphatic rings. The smallest absolute Gasteiger partial charge is 0.255 e. The first-order chi connectivity index (χ1) is 51.9. The Morgan fingerprint density at radius 2 is 0.916 bits per heavy atom. The third kappa shape index (κ3) is 16.8. The maximum absolute atomic E-state index is 13.3. The molecule has 5 aliphatic heterocycles. The molecule has 7 heterocycles. The van der Waals surface area contributed by atoms with E-state index in [1.165, 1.54) is 5.39 Å². The molecule has 9 aromatic carbocycles. The van der Waals surface area contributed by atoms with Crippen LogP contribution in [-0.2, 0) is 47.5 Å². The van der Waals surface area contributed by atoms with Gasteiger partial charge in [-0.05, 0) is 128 Å². The first-order valence-electron chi connectivity index (χ1n) is 35.8. The molecule has 10 N–H and O–H groups in total. The summed E-state index contributed by atoms with van der Waals surface area (Å²) in [7, 11) is 0. The molecule has 0 radical (unpaired) electrons. The van der Waals surface area contributed by atoms with Crippen LogP contribution < -0.4 is 61.5 Å². The number of aromatic nitrogens is 4. The van der Waals surface area contributed by atoms with E-state index >= 15 is 0 Å². The van der Waals surface area contributed by atoms with Crippen LogP contribution in [0.4, 0.5) is 0 Å². The van der Waals surface area contributed by atoms with Gasteiger partial charge in [0.1, 0.15) is 66.6 Å². The van der Waals surface area contributed by atoms with E-state index in [0.29, 0.717) is 137 Å². The predicted molar refractivity (Wildman–Crippen MR) is 417 cm³/mol. The number of aromatic amines is 2. The lowest BCUT2D eigenvalue weighted by molar-refractivity contribution is 0.0863. The van der Waals surface area contributed by atoms with Crippen molar-refractivity contribution in [2.45, 2.75) is 88.9 Å². The molecular formula is C82H82Cl4N12O9. The van der Waals surface area contributed by atoms with Crippen LogP contribution in [0.3, 0.4) is 0 Å². The van der Waals surface area contributed by atoms with Gasteiger partial charge in [0, 0.05) is 97.7 Å². The first-order valence-corrected chi connectivity index (χ1v) is 37.4. The molecule has 25 heteroatoms. The molecular weight excluding hydrogens is 1440 g/mol. The third-order valence-corrected chi connectivity index (χ3v) is 20.9. The Balaban J connectivity index is 0.000000120. The molecule has 2 aromatic heterocycles. The fourth-order valence-electron chi connectivity index (χ4n) is 13.8. The molecule has 0 bridgehead atoms. The van der Waals surface area contributed by atoms with Gasteiger partial charge < -0.3 is 76.2 Å². The Morgan fingerprint density at radius 3 is 1.39 bits per heavy atom. The van der Waals surface area contributed by atoms with E-state index in [0.717, 1.165) is 112 Å². The standard InChI is InChI=1S/C22H22N2O2.C21H21ClN4O3.C20H19ClN4O2.C19H20Cl2N2O2/c1-15(18-10-4-7-16-6-2-3-9-19(16)18)24-22(25)20-11-5-8-17-14-23-12-13-26-21(17)20;22-14-4-5-16-17(10-14)25-20(24-16)21(6-8-28-12-21)26-19(27)15-3-1-2-13-11-23-7-9-29-18(13)15;21-13-4-5-15-16(10-13)24-19(23-15)20(6-7-20)25-18(26)14-3-1-2-12-11-22-8-9-27-17(12)14;1-19(2,13-6-7-15(20)16(21)10-13)23-18(24)14-5-3-4-12-11-22-8-9-25-17(12)14/h2-11,15,23H,12-14H2,1H3,(H,24,25);1-5,10,23H,6-9,11-12H2,(H,24,25)(H,26,27);1-5,10,22H,6-9,11H2,(H,23,24)(H,25,26);3-7,10,22H,8-9,11H2,1-2H3,(H,23,24)/t15-;;;/m0.../s1. The molecule has 552 valence electrons. The Kier molecular flexibility index (Phi) is 22.7. The molecule has 0 spiro atoms. The van der Waals surface area contributed by atoms with E-state index in [4.69, 9.17) is 75.1 Å². The van der Waals surface area contributed by atoms with Crippen LogP contribution in [0.1, 0.15) is 133 Å². The Labute approximate surface area is 639 Å². The molecule has 2 fully saturated rings. The molecule has 17 rings (SSSR count). The number of amides is 4. The highest BCUT2D eigenvalue weighted by atomic mass is 35.5. The van der Waals surface area contributed by atoms with Gasteiger partial charge in [0.2, 0.25) is 0 Å². The minimum absolute atomic E-state index is 0.103. The van der Waals surface area contributed by atoms with Crippen LogP contribution >= 0.6 is 46.4 Å². The SMILES string of the molecule is CC(C)(NC(=O)c1cccc2c1OCCNC2)c1ccc(Cl)c(Cl)c1.C[C@H](NC(=O)c1cccc2c1OCCNC2)c1cccc2ccccc12.O=C(NC1(c2nc3ccc(Cl)cc3[nH]2)CC1)c1cccc2c1OCCNC2.O=C(NC1(c2nc3ccc(Cl)cc3[nH]2)CCOC1)c1cccc2c1OCCNC2. The molecule has 1 saturated carbocycles. The van der Waals surface area contributed by atoms with Crippen molar-refractivity contribution in [1.29, 1.82) is 0 Å². The maximum atomic E-state index is 13.3. The summed E-state index contributed by atoms with van der Waals surface area (Å²) in [5.74, 6) is 3.47. The number of ether oxygens (including phenoxy) is 5. The number of carbonyl (C=O) groups excluding carboxylic acids is 4. The normalized spacial score (nSPS) is 17.2. The van der Waals surface area contributed by atoms with Gasteiger partial charge in [0.15, 0.2) is 0 Å². The number of fused-ring (bicyclic) bond motifs is 7. The number of nitrogens with one attached hydrogen (secondary N) is 10. The molecule has 1 saturated heterocycles. The topological polar surface area (TPSA) is 268 Å². The van der Waals surface area contributed by atoms with Crippen molar-refractivity contribution in [3.05, 3.63) is 257 Å². The third-order valence-electron chi connectivity index (χ3n) is 19.7. The summed E-state index contributed by atoms with van der Waals surface area (Å²) < 4.78 is 29.0. The van der Waals surface area contributed by atoms with Crippen molar-refractivity contribution < 1.29 is 42.9 Å². The average Bonchev–Trinajstić information content (AvgIpc) is 1.61. The number of nitrogens with zero attached hydrogens (tertiary/aromatic N) is 2. The Hall–Kier alpha value is -9.78. The number of benzene rings is 9. The van der Waals surface area contributed by atoms with E-state index < -0.39 is 16.6 Å². The van der Waals surface area contributed by atoms with Gasteiger partial charge >= 0.3 is 0 Å². The van der Waals surface area contributed by atoms with Gasteiger partial charge in [0.25, 0.3) is 23.6 Å². The fourth-order valence-corrected chi connectivity index (χ4v) is 14.5. The van der Waals surface area contributed by atoms with Gasteiger partial charge in [-0.25, -0.2) is 9.97 Å². The van der Waals surface area contributed by atoms with E-state index in [1.54, 1.807) is 30.3 Å². The predicted octanol–water partition coefficient (Wildman–Crippen LogP) is 13.8. The fraction of sp³-hybridized carbons (Fsp3) is 0.293. The van der Waals surface area contributed by atoms with Gasteiger partial charge in [-0.1, -0.05) is 143 Å². The molecule has 1 unspecified atom stereocenters. The van der Waals surface area contributed by atoms with Crippen molar-refractivity contribution in [2.75, 3.05) is 65.8 Å². The molecule has 21 nitrogen and oxygen atoms in total. The average molecular weight is 1520 g/mol. The number of imidazole rings is 2. The van der Waals surface area contributed by atoms with Crippen molar-refractivity contribution in [3.8, 4) is 23.0 Å². The molecule has 11 aromatic rings. The number of hydrogen-bond acceptors (Lipinski definition) is 15. The van der Waals surface area contributed by atoms with Gasteiger partial charge in [-0.2, -0.15) is 0 Å². The lowest BCUT2D eigenvalue weighted by Crippen LogP contribution is -2.47. The number of hydrogen-bond donors (Lipinski definition) is 10. The van der Waals surface area contributed by atoms with Gasteiger partial charge in [-0.15, -0.1) is 0 Å². The van der Waals surface area contributed by atoms with E-state index in [2.05, 4.69) is 81.8 Å². The van der Waals surface area contributed by atoms with Crippen molar-refractivity contribution in [2.24, 2.45) is 0 Å². The van der Waals surface area contributed by atoms with E-state index in [9.17, 15) is 19.2 Å². The number of H-pyrrole nitrogens is 2. The van der Waals surface area contributed by atoms with E-state index in [-0.39, 0.29) is 29.7 Å². The number of carbonyl (C=O) groups is 4. The summed E-state index contributed by atoms with van der Waals surface area (Å²) in [4.78, 5) is 68.2. The second-order valence-corrected chi connectivity index (χ2v) is 29.3. The summed E-state index contributed by atoms with van der Waals surface area (Å²) in [6.45, 7) is 14.8. The van der Waals surface area contributed by atoms with Crippen molar-refractivity contribution in [1.82, 2.24) is 62.5 Å². The molecule has 2 atom stereocenters. The zero-order valence-electron chi connectivity index (χ0n) is 59.3. The van der Waals surface area contributed by atoms with Gasteiger partial charge in [-0.3, -0.25) is 19.2 Å². The first kappa shape index (κ1) is 74.1. The quantitative estimate of drug-likeness (QED) is 0.0545. The summed E-state index contributed by atoms with van der Waals surface area (Å²) in [5, 5.41) is 30.3. The summed E-state index contributed by atoms with van der Waals surface area (Å²) in [5.41, 5.74) is 9.76. The number of halogens is 4. The molecule has 4 amide bonds. The minimum Gasteiger partial charge on any atom is -0.491 e. The van der Waals surface area contributed by atoms with Crippen LogP contribution in [0.25, 0.3) is 32.8 Å². The van der Waals surface area contributed by atoms with Crippen LogP contribution in [0.15, 0.2) is 170 Å². The highest BCUT2D eigenvalue weighted by Crippen LogP contribution is 2.46. The molecule has 1 aliphatic carbocycles. The number of rotatable bonds is 12.